The standard InChI is InChI=1S/C19H28BrNO/c1-6-15(7-2)18(22)21-13(3)10-16-11-14(8-9-17(16)21)12-19(4,5)20/h8-9,11,13,15H,6-7,10,12H2,1-5H3. The lowest BCUT2D eigenvalue weighted by Gasteiger charge is -2.27. The molecule has 1 amide bonds. The summed E-state index contributed by atoms with van der Waals surface area (Å²) in [4.78, 5) is 14.9. The first kappa shape index (κ1) is 17.5. The van der Waals surface area contributed by atoms with Crippen LogP contribution in [0.2, 0.25) is 0 Å². The lowest BCUT2D eigenvalue weighted by molar-refractivity contribution is -0.122. The van der Waals surface area contributed by atoms with Gasteiger partial charge in [-0.05, 0) is 63.6 Å². The lowest BCUT2D eigenvalue weighted by Crippen LogP contribution is -2.39. The number of hydrogen-bond donors (Lipinski definition) is 0. The zero-order valence-electron chi connectivity index (χ0n) is 14.4. The minimum absolute atomic E-state index is 0.108. The van der Waals surface area contributed by atoms with Gasteiger partial charge < -0.3 is 4.90 Å². The second-order valence-electron chi connectivity index (χ2n) is 7.13. The normalized spacial score (nSPS) is 18.0. The molecule has 1 aliphatic heterocycles. The van der Waals surface area contributed by atoms with Crippen LogP contribution in [0.15, 0.2) is 18.2 Å². The van der Waals surface area contributed by atoms with Crippen molar-refractivity contribution in [3.05, 3.63) is 29.3 Å². The molecule has 1 heterocycles. The van der Waals surface area contributed by atoms with E-state index in [1.165, 1.54) is 11.1 Å². The topological polar surface area (TPSA) is 20.3 Å². The van der Waals surface area contributed by atoms with Crippen LogP contribution >= 0.6 is 15.9 Å². The Bertz CT molecular complexity index is 543. The fraction of sp³-hybridized carbons (Fsp3) is 0.632. The Kier molecular flexibility index (Phi) is 5.37. The third-order valence-corrected chi connectivity index (χ3v) is 4.84. The number of alkyl halides is 1. The van der Waals surface area contributed by atoms with Crippen LogP contribution < -0.4 is 4.90 Å². The summed E-state index contributed by atoms with van der Waals surface area (Å²) < 4.78 is 0.108. The molecule has 1 atom stereocenters. The van der Waals surface area contributed by atoms with Gasteiger partial charge in [-0.25, -0.2) is 0 Å². The molecule has 1 aromatic rings. The number of fused-ring (bicyclic) bond motifs is 1. The third-order valence-electron chi connectivity index (χ3n) is 4.56. The highest BCUT2D eigenvalue weighted by atomic mass is 79.9. The highest BCUT2D eigenvalue weighted by molar-refractivity contribution is 9.10. The predicted molar refractivity (Wildman–Crippen MR) is 97.9 cm³/mol. The predicted octanol–water partition coefficient (Wildman–Crippen LogP) is 5.12. The molecule has 2 nitrogen and oxygen atoms in total. The molecule has 3 heteroatoms. The maximum absolute atomic E-state index is 12.8. The van der Waals surface area contributed by atoms with E-state index < -0.39 is 0 Å². The Morgan fingerprint density at radius 1 is 1.36 bits per heavy atom. The Morgan fingerprint density at radius 2 is 2.00 bits per heavy atom. The first-order valence-electron chi connectivity index (χ1n) is 8.40. The van der Waals surface area contributed by atoms with Crippen molar-refractivity contribution >= 4 is 27.5 Å². The van der Waals surface area contributed by atoms with E-state index in [0.717, 1.165) is 31.4 Å². The number of amides is 1. The molecule has 122 valence electrons. The van der Waals surface area contributed by atoms with E-state index in [1.54, 1.807) is 0 Å². The monoisotopic (exact) mass is 365 g/mol. The zero-order valence-corrected chi connectivity index (χ0v) is 16.0. The number of hydrogen-bond acceptors (Lipinski definition) is 1. The second kappa shape index (κ2) is 6.74. The number of halogens is 1. The van der Waals surface area contributed by atoms with Gasteiger partial charge in [0.1, 0.15) is 0 Å². The maximum Gasteiger partial charge on any atom is 0.230 e. The van der Waals surface area contributed by atoms with Gasteiger partial charge >= 0.3 is 0 Å². The maximum atomic E-state index is 12.8. The Hall–Kier alpha value is -0.830. The third kappa shape index (κ3) is 3.73. The molecule has 0 radical (unpaired) electrons. The van der Waals surface area contributed by atoms with E-state index >= 15 is 0 Å². The lowest BCUT2D eigenvalue weighted by atomic mass is 9.99. The molecular formula is C19H28BrNO. The van der Waals surface area contributed by atoms with Crippen LogP contribution in [0.4, 0.5) is 5.69 Å². The number of benzene rings is 1. The highest BCUT2D eigenvalue weighted by Gasteiger charge is 2.33. The van der Waals surface area contributed by atoms with Crippen molar-refractivity contribution in [2.24, 2.45) is 5.92 Å². The summed E-state index contributed by atoms with van der Waals surface area (Å²) in [6, 6.07) is 6.88. The van der Waals surface area contributed by atoms with Gasteiger partial charge in [0.05, 0.1) is 0 Å². The highest BCUT2D eigenvalue weighted by Crippen LogP contribution is 2.35. The van der Waals surface area contributed by atoms with Crippen molar-refractivity contribution in [1.29, 1.82) is 0 Å². The molecule has 0 N–H and O–H groups in total. The number of carbonyl (C=O) groups is 1. The quantitative estimate of drug-likeness (QED) is 0.663. The van der Waals surface area contributed by atoms with Crippen LogP contribution in [0.25, 0.3) is 0 Å². The summed E-state index contributed by atoms with van der Waals surface area (Å²) >= 11 is 3.72. The molecule has 2 rings (SSSR count). The van der Waals surface area contributed by atoms with Gasteiger partial charge in [-0.3, -0.25) is 4.79 Å². The molecule has 0 saturated carbocycles. The summed E-state index contributed by atoms with van der Waals surface area (Å²) in [6.45, 7) is 10.7. The average Bonchev–Trinajstić information content (AvgIpc) is 2.73. The second-order valence-corrected chi connectivity index (χ2v) is 9.28. The van der Waals surface area contributed by atoms with Crippen LogP contribution in [0.3, 0.4) is 0 Å². The van der Waals surface area contributed by atoms with Crippen LogP contribution in [-0.4, -0.2) is 16.3 Å². The summed E-state index contributed by atoms with van der Waals surface area (Å²) in [5.74, 6) is 0.444. The number of nitrogens with zero attached hydrogens (tertiary/aromatic N) is 1. The summed E-state index contributed by atoms with van der Waals surface area (Å²) in [5.41, 5.74) is 3.78. The first-order chi connectivity index (χ1) is 10.3. The molecule has 0 aromatic heterocycles. The molecule has 22 heavy (non-hydrogen) atoms. The molecule has 0 aliphatic carbocycles. The van der Waals surface area contributed by atoms with Crippen LogP contribution in [0.5, 0.6) is 0 Å². The van der Waals surface area contributed by atoms with Crippen LogP contribution in [-0.2, 0) is 17.6 Å². The molecule has 0 fully saturated rings. The number of anilines is 1. The molecule has 1 unspecified atom stereocenters. The van der Waals surface area contributed by atoms with E-state index in [4.69, 9.17) is 0 Å². The van der Waals surface area contributed by atoms with E-state index in [2.05, 4.69) is 68.7 Å². The van der Waals surface area contributed by atoms with Crippen molar-refractivity contribution in [3.8, 4) is 0 Å². The van der Waals surface area contributed by atoms with Crippen molar-refractivity contribution in [3.63, 3.8) is 0 Å². The van der Waals surface area contributed by atoms with Gasteiger partial charge in [0, 0.05) is 22.0 Å². The SMILES string of the molecule is CCC(CC)C(=O)N1c2ccc(CC(C)(C)Br)cc2CC1C. The van der Waals surface area contributed by atoms with Gasteiger partial charge in [-0.15, -0.1) is 0 Å². The van der Waals surface area contributed by atoms with E-state index in [-0.39, 0.29) is 16.3 Å². The molecule has 0 spiro atoms. The minimum Gasteiger partial charge on any atom is -0.309 e. The molecular weight excluding hydrogens is 338 g/mol. The smallest absolute Gasteiger partial charge is 0.230 e. The van der Waals surface area contributed by atoms with Crippen LogP contribution in [0.1, 0.15) is 58.6 Å². The van der Waals surface area contributed by atoms with Crippen molar-refractivity contribution in [1.82, 2.24) is 0 Å². The Balaban J connectivity index is 2.28. The molecule has 1 aliphatic rings. The average molecular weight is 366 g/mol. The van der Waals surface area contributed by atoms with E-state index in [1.807, 2.05) is 4.90 Å². The van der Waals surface area contributed by atoms with E-state index in [9.17, 15) is 4.79 Å². The molecule has 1 aromatic carbocycles. The van der Waals surface area contributed by atoms with Gasteiger partial charge in [0.25, 0.3) is 0 Å². The summed E-state index contributed by atoms with van der Waals surface area (Å²) in [5, 5.41) is 0. The van der Waals surface area contributed by atoms with Crippen LogP contribution in [0, 0.1) is 5.92 Å². The molecule has 0 saturated heterocycles. The molecule has 0 bridgehead atoms. The zero-order chi connectivity index (χ0) is 16.5. The summed E-state index contributed by atoms with van der Waals surface area (Å²) in [6.07, 6.45) is 3.81. The fourth-order valence-corrected chi connectivity index (χ4v) is 3.77. The number of rotatable bonds is 5. The van der Waals surface area contributed by atoms with Crippen molar-refractivity contribution < 1.29 is 4.79 Å². The Morgan fingerprint density at radius 3 is 2.55 bits per heavy atom. The fourth-order valence-electron chi connectivity index (χ4n) is 3.45. The minimum atomic E-state index is 0.108. The van der Waals surface area contributed by atoms with Crippen molar-refractivity contribution in [2.75, 3.05) is 4.90 Å². The Labute approximate surface area is 143 Å². The first-order valence-corrected chi connectivity index (χ1v) is 9.20. The van der Waals surface area contributed by atoms with Gasteiger partial charge in [-0.2, -0.15) is 0 Å². The van der Waals surface area contributed by atoms with Crippen molar-refractivity contribution in [2.45, 2.75) is 70.7 Å². The van der Waals surface area contributed by atoms with Gasteiger partial charge in [0.2, 0.25) is 5.91 Å². The van der Waals surface area contributed by atoms with Gasteiger partial charge in [-0.1, -0.05) is 41.9 Å². The van der Waals surface area contributed by atoms with E-state index in [0.29, 0.717) is 5.91 Å². The van der Waals surface area contributed by atoms with Gasteiger partial charge in [0.15, 0.2) is 0 Å². The number of carbonyl (C=O) groups excluding carboxylic acids is 1. The summed E-state index contributed by atoms with van der Waals surface area (Å²) in [7, 11) is 0. The largest absolute Gasteiger partial charge is 0.309 e.